The molecule has 3 aromatic rings. The van der Waals surface area contributed by atoms with Crippen molar-refractivity contribution in [3.8, 4) is 0 Å². The van der Waals surface area contributed by atoms with E-state index in [-0.39, 0.29) is 11.4 Å². The van der Waals surface area contributed by atoms with Crippen molar-refractivity contribution in [1.29, 1.82) is 0 Å². The molecule has 40 heavy (non-hydrogen) atoms. The van der Waals surface area contributed by atoms with E-state index in [0.29, 0.717) is 28.2 Å². The van der Waals surface area contributed by atoms with Gasteiger partial charge in [-0.15, -0.1) is 0 Å². The molecule has 0 amide bonds. The van der Waals surface area contributed by atoms with E-state index < -0.39 is 11.6 Å². The number of H-pyrrole nitrogens is 1. The summed E-state index contributed by atoms with van der Waals surface area (Å²) in [7, 11) is 1.70. The molecule has 1 fully saturated rings. The van der Waals surface area contributed by atoms with Crippen LogP contribution < -0.4 is 15.5 Å². The summed E-state index contributed by atoms with van der Waals surface area (Å²) in [6.07, 6.45) is 16.5. The van der Waals surface area contributed by atoms with Gasteiger partial charge in [-0.05, 0) is 66.8 Å². The molecule has 1 aliphatic heterocycles. The molecule has 1 aromatic carbocycles. The number of nitrogens with zero attached hydrogens (tertiary/aromatic N) is 2. The van der Waals surface area contributed by atoms with Crippen molar-refractivity contribution in [1.82, 2.24) is 15.3 Å². The molecule has 2 unspecified atom stereocenters. The average Bonchev–Trinajstić information content (AvgIpc) is 3.55. The number of aromatic amines is 1. The smallest absolute Gasteiger partial charge is 0.169 e. The first-order valence-electron chi connectivity index (χ1n) is 14.0. The van der Waals surface area contributed by atoms with Crippen LogP contribution in [0.5, 0.6) is 0 Å². The molecule has 0 bridgehead atoms. The average molecular weight is 542 g/mol. The predicted molar refractivity (Wildman–Crippen MR) is 164 cm³/mol. The number of hydrogen-bond acceptors (Lipinski definition) is 4. The summed E-state index contributed by atoms with van der Waals surface area (Å²) in [5, 5.41) is 7.06. The van der Waals surface area contributed by atoms with Gasteiger partial charge in [-0.2, -0.15) is 0 Å². The highest BCUT2D eigenvalue weighted by Crippen LogP contribution is 2.46. The highest BCUT2D eigenvalue weighted by Gasteiger charge is 2.35. The summed E-state index contributed by atoms with van der Waals surface area (Å²) in [5.74, 6) is -1.25. The quantitative estimate of drug-likeness (QED) is 0.270. The SMILES string of the molecule is C=CNC1=C/C=C(C=C)\C=C(\c2cnc3[nH]c4c(NC)cc(F)c(F)c4c3c2N2CCC(CC)C2CC)C=C1C. The van der Waals surface area contributed by atoms with E-state index >= 15 is 4.39 Å². The van der Waals surface area contributed by atoms with Crippen molar-refractivity contribution in [3.05, 3.63) is 96.0 Å². The van der Waals surface area contributed by atoms with Crippen LogP contribution in [0.1, 0.15) is 45.6 Å². The molecule has 0 saturated carbocycles. The van der Waals surface area contributed by atoms with E-state index in [0.717, 1.165) is 59.5 Å². The number of allylic oxidation sites excluding steroid dienone is 8. The molecule has 3 N–H and O–H groups in total. The largest absolute Gasteiger partial charge is 0.386 e. The Bertz CT molecular complexity index is 1620. The Morgan fingerprint density at radius 2 is 1.95 bits per heavy atom. The lowest BCUT2D eigenvalue weighted by atomic mass is 9.93. The van der Waals surface area contributed by atoms with Crippen molar-refractivity contribution in [2.75, 3.05) is 23.8 Å². The molecule has 2 aromatic heterocycles. The summed E-state index contributed by atoms with van der Waals surface area (Å²) >= 11 is 0. The maximum absolute atomic E-state index is 15.7. The first kappa shape index (κ1) is 27.4. The maximum Gasteiger partial charge on any atom is 0.169 e. The van der Waals surface area contributed by atoms with Crippen LogP contribution in [-0.2, 0) is 0 Å². The topological polar surface area (TPSA) is 56.0 Å². The number of benzene rings is 1. The molecule has 5 nitrogen and oxygen atoms in total. The first-order chi connectivity index (χ1) is 19.4. The monoisotopic (exact) mass is 541 g/mol. The first-order valence-corrected chi connectivity index (χ1v) is 14.0. The van der Waals surface area contributed by atoms with Gasteiger partial charge in [0.25, 0.3) is 0 Å². The fourth-order valence-corrected chi connectivity index (χ4v) is 6.32. The van der Waals surface area contributed by atoms with E-state index in [4.69, 9.17) is 4.98 Å². The molecule has 1 aliphatic carbocycles. The third kappa shape index (κ3) is 4.53. The Kier molecular flexibility index (Phi) is 7.66. The van der Waals surface area contributed by atoms with Gasteiger partial charge in [-0.3, -0.25) is 0 Å². The highest BCUT2D eigenvalue weighted by atomic mass is 19.2. The van der Waals surface area contributed by atoms with Gasteiger partial charge >= 0.3 is 0 Å². The van der Waals surface area contributed by atoms with E-state index in [1.54, 1.807) is 19.3 Å². The third-order valence-electron chi connectivity index (χ3n) is 8.31. The summed E-state index contributed by atoms with van der Waals surface area (Å²) in [4.78, 5) is 10.5. The van der Waals surface area contributed by atoms with Gasteiger partial charge in [-0.1, -0.05) is 45.6 Å². The zero-order valence-electron chi connectivity index (χ0n) is 23.7. The summed E-state index contributed by atoms with van der Waals surface area (Å²) in [6.45, 7) is 15.1. The Labute approximate surface area is 234 Å². The van der Waals surface area contributed by atoms with Crippen LogP contribution in [0.25, 0.3) is 27.5 Å². The maximum atomic E-state index is 15.7. The molecule has 5 rings (SSSR count). The van der Waals surface area contributed by atoms with Crippen LogP contribution >= 0.6 is 0 Å². The van der Waals surface area contributed by atoms with Crippen LogP contribution in [-0.4, -0.2) is 29.6 Å². The number of aromatic nitrogens is 2. The predicted octanol–water partition coefficient (Wildman–Crippen LogP) is 8.12. The Morgan fingerprint density at radius 3 is 2.62 bits per heavy atom. The second-order valence-electron chi connectivity index (χ2n) is 10.4. The van der Waals surface area contributed by atoms with E-state index in [1.165, 1.54) is 6.07 Å². The van der Waals surface area contributed by atoms with Crippen molar-refractivity contribution < 1.29 is 8.78 Å². The highest BCUT2D eigenvalue weighted by molar-refractivity contribution is 6.17. The van der Waals surface area contributed by atoms with Gasteiger partial charge in [0.15, 0.2) is 11.6 Å². The molecule has 2 atom stereocenters. The van der Waals surface area contributed by atoms with Crippen LogP contribution in [0.4, 0.5) is 20.2 Å². The van der Waals surface area contributed by atoms with E-state index in [2.05, 4.69) is 59.7 Å². The second-order valence-corrected chi connectivity index (χ2v) is 10.4. The fourth-order valence-electron chi connectivity index (χ4n) is 6.32. The van der Waals surface area contributed by atoms with Gasteiger partial charge in [0.1, 0.15) is 5.65 Å². The van der Waals surface area contributed by atoms with Crippen LogP contribution in [0.2, 0.25) is 0 Å². The van der Waals surface area contributed by atoms with Gasteiger partial charge in [-0.25, -0.2) is 13.8 Å². The van der Waals surface area contributed by atoms with Gasteiger partial charge in [0, 0.05) is 43.2 Å². The van der Waals surface area contributed by atoms with Crippen molar-refractivity contribution in [2.45, 2.75) is 46.1 Å². The third-order valence-corrected chi connectivity index (χ3v) is 8.31. The van der Waals surface area contributed by atoms with Gasteiger partial charge in [0.2, 0.25) is 0 Å². The zero-order valence-corrected chi connectivity index (χ0v) is 23.7. The minimum absolute atomic E-state index is 0.221. The zero-order chi connectivity index (χ0) is 28.6. The molecule has 3 heterocycles. The van der Waals surface area contributed by atoms with Crippen LogP contribution in [0, 0.1) is 17.6 Å². The molecule has 1 saturated heterocycles. The molecule has 208 valence electrons. The lowest BCUT2D eigenvalue weighted by Crippen LogP contribution is -2.33. The number of nitrogens with one attached hydrogen (secondary N) is 3. The number of fused-ring (bicyclic) bond motifs is 3. The van der Waals surface area contributed by atoms with Crippen molar-refractivity contribution in [2.24, 2.45) is 5.92 Å². The summed E-state index contributed by atoms with van der Waals surface area (Å²) in [6, 6.07) is 1.46. The Hall–Kier alpha value is -4.13. The fraction of sp³-hybridized carbons (Fsp3) is 0.303. The summed E-state index contributed by atoms with van der Waals surface area (Å²) in [5.41, 5.74) is 7.02. The Morgan fingerprint density at radius 1 is 1.15 bits per heavy atom. The minimum atomic E-state index is -0.892. The second kappa shape index (κ2) is 11.2. The lowest BCUT2D eigenvalue weighted by molar-refractivity contribution is 0.447. The molecular weight excluding hydrogens is 504 g/mol. The summed E-state index contributed by atoms with van der Waals surface area (Å²) < 4.78 is 30.7. The standard InChI is InChI=1S/C33H37F2N5/c1-7-20-11-12-25(37-10-4)19(5)15-22(16-20)23-18-38-33-29(32(23)40-14-13-21(8-2)27(40)9-3)28-30(35)24(34)17-26(36-6)31(28)39-33/h7,10-12,15-18,21,27,36-37H,1,4,8-9,13-14H2,2-3,5-6H3,(H,38,39)/b12-11?,19-15?,20-11-,20-16?,22-15?,22-16+,25-12?,25-19?. The number of hydrogen-bond donors (Lipinski definition) is 3. The lowest BCUT2D eigenvalue weighted by Gasteiger charge is -2.32. The van der Waals surface area contributed by atoms with E-state index in [1.807, 2.05) is 25.3 Å². The molecular formula is C33H37F2N5. The van der Waals surface area contributed by atoms with E-state index in [9.17, 15) is 4.39 Å². The molecule has 0 radical (unpaired) electrons. The Balaban J connectivity index is 1.89. The minimum Gasteiger partial charge on any atom is -0.386 e. The number of anilines is 2. The molecule has 7 heteroatoms. The number of pyridine rings is 1. The van der Waals surface area contributed by atoms with Crippen LogP contribution in [0.3, 0.4) is 0 Å². The number of rotatable bonds is 8. The molecule has 2 aliphatic rings. The van der Waals surface area contributed by atoms with Crippen molar-refractivity contribution >= 4 is 38.9 Å². The molecule has 0 spiro atoms. The van der Waals surface area contributed by atoms with Crippen molar-refractivity contribution in [3.63, 3.8) is 0 Å². The van der Waals surface area contributed by atoms with Gasteiger partial charge < -0.3 is 20.5 Å². The van der Waals surface area contributed by atoms with Gasteiger partial charge in [0.05, 0.1) is 27.7 Å². The normalized spacial score (nSPS) is 22.1. The number of halogens is 2. The van der Waals surface area contributed by atoms with Crippen LogP contribution in [0.15, 0.2) is 78.8 Å².